The number of rotatable bonds is 1. The van der Waals surface area contributed by atoms with E-state index >= 15 is 0 Å². The third-order valence-electron chi connectivity index (χ3n) is 3.27. The van der Waals surface area contributed by atoms with E-state index in [-0.39, 0.29) is 0 Å². The van der Waals surface area contributed by atoms with Crippen molar-refractivity contribution in [1.29, 1.82) is 0 Å². The minimum atomic E-state index is 0.444. The molecule has 4 aromatic rings. The van der Waals surface area contributed by atoms with E-state index in [4.69, 9.17) is 16.6 Å². The average Bonchev–Trinajstić information content (AvgIpc) is 2.84. The second kappa shape index (κ2) is 5.05. The van der Waals surface area contributed by atoms with Crippen molar-refractivity contribution in [3.63, 3.8) is 0 Å². The molecule has 2 aromatic heterocycles. The highest BCUT2D eigenvalue weighted by Gasteiger charge is 2.13. The first-order valence-electron chi connectivity index (χ1n) is 6.33. The van der Waals surface area contributed by atoms with Gasteiger partial charge in [0.2, 0.25) is 0 Å². The van der Waals surface area contributed by atoms with Gasteiger partial charge in [-0.15, -0.1) is 11.3 Å². The summed E-state index contributed by atoms with van der Waals surface area (Å²) < 4.78 is 2.20. The van der Waals surface area contributed by atoms with Crippen LogP contribution in [0.4, 0.5) is 0 Å². The molecule has 0 unspecified atom stereocenters. The maximum absolute atomic E-state index is 6.32. The zero-order valence-corrected chi connectivity index (χ0v) is 13.8. The zero-order chi connectivity index (χ0) is 14.4. The summed E-state index contributed by atoms with van der Waals surface area (Å²) in [6, 6.07) is 16.1. The van der Waals surface area contributed by atoms with Gasteiger partial charge in [0.05, 0.1) is 0 Å². The Balaban J connectivity index is 2.07. The molecule has 2 heterocycles. The highest BCUT2D eigenvalue weighted by Crippen LogP contribution is 2.36. The summed E-state index contributed by atoms with van der Waals surface area (Å²) in [5.41, 5.74) is 2.61. The van der Waals surface area contributed by atoms with Gasteiger partial charge < -0.3 is 0 Å². The molecule has 0 aliphatic heterocycles. The van der Waals surface area contributed by atoms with Gasteiger partial charge in [-0.05, 0) is 18.2 Å². The standard InChI is InChI=1S/C16H8BrClN2S/c17-10-6-7-12-11(8-10)14-16(21-12)20-15(18)13(19-14)9-4-2-1-3-5-9/h1-8H. The fourth-order valence-electron chi connectivity index (χ4n) is 2.31. The van der Waals surface area contributed by atoms with E-state index in [0.29, 0.717) is 5.15 Å². The summed E-state index contributed by atoms with van der Waals surface area (Å²) in [7, 11) is 0. The van der Waals surface area contributed by atoms with Gasteiger partial charge >= 0.3 is 0 Å². The van der Waals surface area contributed by atoms with Crippen LogP contribution in [-0.4, -0.2) is 9.97 Å². The molecule has 0 spiro atoms. The quantitative estimate of drug-likeness (QED) is 0.412. The van der Waals surface area contributed by atoms with Gasteiger partial charge in [0.1, 0.15) is 16.0 Å². The van der Waals surface area contributed by atoms with Crippen LogP contribution in [0.2, 0.25) is 5.15 Å². The average molecular weight is 376 g/mol. The third kappa shape index (κ3) is 2.24. The van der Waals surface area contributed by atoms with Crippen LogP contribution < -0.4 is 0 Å². The molecule has 21 heavy (non-hydrogen) atoms. The molecule has 0 fully saturated rings. The Morgan fingerprint density at radius 2 is 1.81 bits per heavy atom. The first kappa shape index (κ1) is 13.2. The van der Waals surface area contributed by atoms with Crippen LogP contribution in [-0.2, 0) is 0 Å². The lowest BCUT2D eigenvalue weighted by atomic mass is 10.1. The minimum Gasteiger partial charge on any atom is -0.241 e. The van der Waals surface area contributed by atoms with E-state index in [0.717, 1.165) is 36.2 Å². The number of thiophene rings is 1. The van der Waals surface area contributed by atoms with E-state index in [1.165, 1.54) is 0 Å². The lowest BCUT2D eigenvalue weighted by Gasteiger charge is -2.03. The number of nitrogens with zero attached hydrogens (tertiary/aromatic N) is 2. The van der Waals surface area contributed by atoms with E-state index in [1.807, 2.05) is 36.4 Å². The van der Waals surface area contributed by atoms with Crippen LogP contribution in [0.1, 0.15) is 0 Å². The predicted octanol–water partition coefficient (Wildman–Crippen LogP) is 5.93. The number of fused-ring (bicyclic) bond motifs is 3. The maximum Gasteiger partial charge on any atom is 0.157 e. The van der Waals surface area contributed by atoms with E-state index in [9.17, 15) is 0 Å². The van der Waals surface area contributed by atoms with Gasteiger partial charge in [0, 0.05) is 20.1 Å². The molecule has 0 saturated carbocycles. The summed E-state index contributed by atoms with van der Waals surface area (Å²) in [6.45, 7) is 0. The molecule has 2 aromatic carbocycles. The molecule has 0 aliphatic rings. The van der Waals surface area contributed by atoms with Gasteiger partial charge in [0.15, 0.2) is 5.15 Å². The number of hydrogen-bond donors (Lipinski definition) is 0. The Labute approximate surface area is 138 Å². The zero-order valence-electron chi connectivity index (χ0n) is 10.7. The molecule has 0 saturated heterocycles. The fourth-order valence-corrected chi connectivity index (χ4v) is 3.95. The molecular formula is C16H8BrClN2S. The second-order valence-corrected chi connectivity index (χ2v) is 6.93. The molecule has 0 amide bonds. The summed E-state index contributed by atoms with van der Waals surface area (Å²) in [5, 5.41) is 1.55. The Morgan fingerprint density at radius 3 is 2.62 bits per heavy atom. The summed E-state index contributed by atoms with van der Waals surface area (Å²) in [6.07, 6.45) is 0. The van der Waals surface area contributed by atoms with Gasteiger partial charge in [0.25, 0.3) is 0 Å². The molecule has 0 atom stereocenters. The number of aromatic nitrogens is 2. The molecule has 102 valence electrons. The van der Waals surface area contributed by atoms with Crippen LogP contribution in [0.15, 0.2) is 53.0 Å². The Hall–Kier alpha value is -1.49. The normalized spacial score (nSPS) is 11.3. The van der Waals surface area contributed by atoms with Crippen molar-refractivity contribution >= 4 is 59.3 Å². The minimum absolute atomic E-state index is 0.444. The monoisotopic (exact) mass is 374 g/mol. The molecule has 0 bridgehead atoms. The van der Waals surface area contributed by atoms with Crippen LogP contribution in [0.5, 0.6) is 0 Å². The molecule has 4 rings (SSSR count). The lowest BCUT2D eigenvalue weighted by molar-refractivity contribution is 1.32. The van der Waals surface area contributed by atoms with Crippen molar-refractivity contribution in [3.8, 4) is 11.3 Å². The van der Waals surface area contributed by atoms with Gasteiger partial charge in [-0.1, -0.05) is 57.9 Å². The molecule has 0 N–H and O–H groups in total. The van der Waals surface area contributed by atoms with E-state index in [2.05, 4.69) is 33.0 Å². The smallest absolute Gasteiger partial charge is 0.157 e. The third-order valence-corrected chi connectivity index (χ3v) is 5.08. The first-order valence-corrected chi connectivity index (χ1v) is 8.32. The van der Waals surface area contributed by atoms with Crippen LogP contribution in [0, 0.1) is 0 Å². The predicted molar refractivity (Wildman–Crippen MR) is 93.1 cm³/mol. The second-order valence-electron chi connectivity index (χ2n) is 4.63. The summed E-state index contributed by atoms with van der Waals surface area (Å²) in [5.74, 6) is 0. The molecular weight excluding hydrogens is 368 g/mol. The lowest BCUT2D eigenvalue weighted by Crippen LogP contribution is -1.88. The topological polar surface area (TPSA) is 25.8 Å². The van der Waals surface area contributed by atoms with E-state index < -0.39 is 0 Å². The number of hydrogen-bond acceptors (Lipinski definition) is 3. The number of halogens is 2. The largest absolute Gasteiger partial charge is 0.241 e. The fraction of sp³-hybridized carbons (Fsp3) is 0. The Morgan fingerprint density at radius 1 is 1.00 bits per heavy atom. The van der Waals surface area contributed by atoms with Crippen molar-refractivity contribution in [2.75, 3.05) is 0 Å². The first-order chi connectivity index (χ1) is 10.2. The van der Waals surface area contributed by atoms with Crippen LogP contribution in [0.3, 0.4) is 0 Å². The summed E-state index contributed by atoms with van der Waals surface area (Å²) in [4.78, 5) is 10.2. The molecule has 5 heteroatoms. The molecule has 0 aliphatic carbocycles. The Kier molecular flexibility index (Phi) is 3.17. The van der Waals surface area contributed by atoms with Gasteiger partial charge in [-0.3, -0.25) is 0 Å². The van der Waals surface area contributed by atoms with E-state index in [1.54, 1.807) is 11.3 Å². The van der Waals surface area contributed by atoms with Crippen molar-refractivity contribution in [3.05, 3.63) is 58.2 Å². The SMILES string of the molecule is Clc1nc2sc3ccc(Br)cc3c2nc1-c1ccccc1. The van der Waals surface area contributed by atoms with Crippen molar-refractivity contribution < 1.29 is 0 Å². The highest BCUT2D eigenvalue weighted by molar-refractivity contribution is 9.10. The molecule has 2 nitrogen and oxygen atoms in total. The molecule has 0 radical (unpaired) electrons. The maximum atomic E-state index is 6.32. The van der Waals surface area contributed by atoms with Crippen molar-refractivity contribution in [2.45, 2.75) is 0 Å². The van der Waals surface area contributed by atoms with Crippen molar-refractivity contribution in [2.24, 2.45) is 0 Å². The summed E-state index contributed by atoms with van der Waals surface area (Å²) >= 11 is 11.4. The van der Waals surface area contributed by atoms with Crippen molar-refractivity contribution in [1.82, 2.24) is 9.97 Å². The van der Waals surface area contributed by atoms with Crippen LogP contribution >= 0.6 is 38.9 Å². The highest BCUT2D eigenvalue weighted by atomic mass is 79.9. The Bertz CT molecular complexity index is 966. The number of benzene rings is 2. The van der Waals surface area contributed by atoms with Gasteiger partial charge in [-0.2, -0.15) is 0 Å². The van der Waals surface area contributed by atoms with Gasteiger partial charge in [-0.25, -0.2) is 9.97 Å². The van der Waals surface area contributed by atoms with Crippen LogP contribution in [0.25, 0.3) is 31.7 Å².